The van der Waals surface area contributed by atoms with Crippen molar-refractivity contribution in [1.29, 1.82) is 0 Å². The van der Waals surface area contributed by atoms with Crippen molar-refractivity contribution in [2.24, 2.45) is 5.73 Å². The van der Waals surface area contributed by atoms with Crippen molar-refractivity contribution in [1.82, 2.24) is 0 Å². The molecule has 1 aromatic carbocycles. The molecule has 0 radical (unpaired) electrons. The van der Waals surface area contributed by atoms with E-state index < -0.39 is 0 Å². The largest absolute Gasteiger partial charge is 0.378 e. The van der Waals surface area contributed by atoms with E-state index in [1.165, 1.54) is 6.07 Å². The lowest BCUT2D eigenvalue weighted by molar-refractivity contribution is 0.122. The molecule has 0 atom stereocenters. The van der Waals surface area contributed by atoms with E-state index in [1.807, 2.05) is 19.9 Å². The third-order valence-corrected chi connectivity index (χ3v) is 3.05. The molecule has 0 saturated carbocycles. The summed E-state index contributed by atoms with van der Waals surface area (Å²) in [6.45, 7) is 6.98. The maximum absolute atomic E-state index is 13.4. The molecule has 0 bridgehead atoms. The molecule has 1 aliphatic rings. The second kappa shape index (κ2) is 5.24. The van der Waals surface area contributed by atoms with Crippen molar-refractivity contribution >= 4 is 5.69 Å². The summed E-state index contributed by atoms with van der Waals surface area (Å²) in [5.74, 6) is -0.199. The van der Waals surface area contributed by atoms with Crippen molar-refractivity contribution in [2.45, 2.75) is 25.8 Å². The number of morpholine rings is 1. The molecular formula is C14H21FN2O. The van der Waals surface area contributed by atoms with Gasteiger partial charge in [-0.1, -0.05) is 6.07 Å². The van der Waals surface area contributed by atoms with E-state index in [9.17, 15) is 4.39 Å². The molecule has 1 fully saturated rings. The third kappa shape index (κ3) is 3.43. The van der Waals surface area contributed by atoms with E-state index in [2.05, 4.69) is 4.90 Å². The van der Waals surface area contributed by atoms with Crippen molar-refractivity contribution < 1.29 is 9.13 Å². The maximum Gasteiger partial charge on any atom is 0.125 e. The number of rotatable bonds is 3. The molecule has 18 heavy (non-hydrogen) atoms. The molecule has 1 aliphatic heterocycles. The second-order valence-electron chi connectivity index (χ2n) is 5.54. The van der Waals surface area contributed by atoms with Gasteiger partial charge in [-0.3, -0.25) is 0 Å². The second-order valence-corrected chi connectivity index (χ2v) is 5.54. The average molecular weight is 252 g/mol. The van der Waals surface area contributed by atoms with Gasteiger partial charge in [0.2, 0.25) is 0 Å². The van der Waals surface area contributed by atoms with Crippen molar-refractivity contribution in [2.75, 3.05) is 31.2 Å². The summed E-state index contributed by atoms with van der Waals surface area (Å²) in [5.41, 5.74) is 7.83. The predicted molar refractivity (Wildman–Crippen MR) is 71.4 cm³/mol. The number of nitrogens with two attached hydrogens (primary N) is 1. The smallest absolute Gasteiger partial charge is 0.125 e. The van der Waals surface area contributed by atoms with E-state index in [1.54, 1.807) is 6.07 Å². The topological polar surface area (TPSA) is 38.5 Å². The molecule has 3 nitrogen and oxygen atoms in total. The summed E-state index contributed by atoms with van der Waals surface area (Å²) < 4.78 is 18.8. The lowest BCUT2D eigenvalue weighted by Gasteiger charge is -2.32. The van der Waals surface area contributed by atoms with Gasteiger partial charge in [-0.05, 0) is 38.0 Å². The summed E-state index contributed by atoms with van der Waals surface area (Å²) in [5, 5.41) is 0. The van der Waals surface area contributed by atoms with Gasteiger partial charge >= 0.3 is 0 Å². The monoisotopic (exact) mass is 252 g/mol. The number of anilines is 1. The molecular weight excluding hydrogens is 231 g/mol. The molecule has 0 aliphatic carbocycles. The fraction of sp³-hybridized carbons (Fsp3) is 0.571. The van der Waals surface area contributed by atoms with Crippen LogP contribution < -0.4 is 10.6 Å². The third-order valence-electron chi connectivity index (χ3n) is 3.05. The molecule has 1 saturated heterocycles. The van der Waals surface area contributed by atoms with Gasteiger partial charge in [0.1, 0.15) is 5.82 Å². The van der Waals surface area contributed by atoms with E-state index in [0.717, 1.165) is 30.8 Å². The van der Waals surface area contributed by atoms with E-state index in [-0.39, 0.29) is 11.4 Å². The summed E-state index contributed by atoms with van der Waals surface area (Å²) in [6.07, 6.45) is 0.736. The first-order valence-corrected chi connectivity index (χ1v) is 6.36. The van der Waals surface area contributed by atoms with Crippen molar-refractivity contribution in [3.63, 3.8) is 0 Å². The summed E-state index contributed by atoms with van der Waals surface area (Å²) in [4.78, 5) is 2.17. The molecule has 0 aromatic heterocycles. The Kier molecular flexibility index (Phi) is 3.88. The molecule has 2 rings (SSSR count). The van der Waals surface area contributed by atoms with Gasteiger partial charge in [-0.25, -0.2) is 4.39 Å². The minimum Gasteiger partial charge on any atom is -0.378 e. The van der Waals surface area contributed by atoms with Gasteiger partial charge in [0, 0.05) is 24.3 Å². The first-order chi connectivity index (χ1) is 8.46. The molecule has 0 unspecified atom stereocenters. The molecule has 0 amide bonds. The molecule has 2 N–H and O–H groups in total. The lowest BCUT2D eigenvalue weighted by atomic mass is 9.94. The first-order valence-electron chi connectivity index (χ1n) is 6.36. The van der Waals surface area contributed by atoms with E-state index in [4.69, 9.17) is 10.5 Å². The van der Waals surface area contributed by atoms with Crippen LogP contribution in [-0.4, -0.2) is 31.8 Å². The Morgan fingerprint density at radius 3 is 2.61 bits per heavy atom. The first kappa shape index (κ1) is 13.3. The molecule has 100 valence electrons. The SMILES string of the molecule is CC(C)(N)Cc1ccc(F)cc1N1CCOCC1. The number of ether oxygens (including phenoxy) is 1. The minimum atomic E-state index is -0.293. The van der Waals surface area contributed by atoms with Crippen LogP contribution in [-0.2, 0) is 11.2 Å². The Morgan fingerprint density at radius 2 is 2.00 bits per heavy atom. The Hall–Kier alpha value is -1.13. The predicted octanol–water partition coefficient (Wildman–Crippen LogP) is 1.94. The summed E-state index contributed by atoms with van der Waals surface area (Å²) in [7, 11) is 0. The van der Waals surface area contributed by atoms with E-state index in [0.29, 0.717) is 13.2 Å². The summed E-state index contributed by atoms with van der Waals surface area (Å²) in [6, 6.07) is 4.95. The van der Waals surface area contributed by atoms with Crippen LogP contribution in [0.2, 0.25) is 0 Å². The van der Waals surface area contributed by atoms with Crippen LogP contribution in [0.1, 0.15) is 19.4 Å². The highest BCUT2D eigenvalue weighted by atomic mass is 19.1. The number of benzene rings is 1. The highest BCUT2D eigenvalue weighted by Crippen LogP contribution is 2.25. The quantitative estimate of drug-likeness (QED) is 0.893. The maximum atomic E-state index is 13.4. The van der Waals surface area contributed by atoms with Gasteiger partial charge in [0.05, 0.1) is 13.2 Å². The highest BCUT2D eigenvalue weighted by Gasteiger charge is 2.19. The summed E-state index contributed by atoms with van der Waals surface area (Å²) >= 11 is 0. The van der Waals surface area contributed by atoms with Crippen LogP contribution in [0.25, 0.3) is 0 Å². The van der Waals surface area contributed by atoms with Crippen molar-refractivity contribution in [3.8, 4) is 0 Å². The number of nitrogens with zero attached hydrogens (tertiary/aromatic N) is 1. The van der Waals surface area contributed by atoms with E-state index >= 15 is 0 Å². The lowest BCUT2D eigenvalue weighted by Crippen LogP contribution is -2.39. The van der Waals surface area contributed by atoms with Gasteiger partial charge in [-0.15, -0.1) is 0 Å². The van der Waals surface area contributed by atoms with Gasteiger partial charge in [0.25, 0.3) is 0 Å². The average Bonchev–Trinajstić information content (AvgIpc) is 2.31. The molecule has 1 heterocycles. The van der Waals surface area contributed by atoms with Crippen LogP contribution in [0, 0.1) is 5.82 Å². The van der Waals surface area contributed by atoms with Gasteiger partial charge in [-0.2, -0.15) is 0 Å². The standard InChI is InChI=1S/C14H21FN2O/c1-14(2,16)10-11-3-4-12(15)9-13(11)17-5-7-18-8-6-17/h3-4,9H,5-8,10,16H2,1-2H3. The van der Waals surface area contributed by atoms with Crippen LogP contribution in [0.5, 0.6) is 0 Å². The Balaban J connectivity index is 2.28. The molecule has 0 spiro atoms. The van der Waals surface area contributed by atoms with Gasteiger partial charge < -0.3 is 15.4 Å². The minimum absolute atomic E-state index is 0.199. The number of hydrogen-bond donors (Lipinski definition) is 1. The van der Waals surface area contributed by atoms with Crippen LogP contribution in [0.3, 0.4) is 0 Å². The molecule has 4 heteroatoms. The zero-order chi connectivity index (χ0) is 13.2. The zero-order valence-electron chi connectivity index (χ0n) is 11.1. The van der Waals surface area contributed by atoms with Crippen LogP contribution in [0.15, 0.2) is 18.2 Å². The van der Waals surface area contributed by atoms with Gasteiger partial charge in [0.15, 0.2) is 0 Å². The Labute approximate surface area is 108 Å². The number of hydrogen-bond acceptors (Lipinski definition) is 3. The Morgan fingerprint density at radius 1 is 1.33 bits per heavy atom. The zero-order valence-corrected chi connectivity index (χ0v) is 11.1. The van der Waals surface area contributed by atoms with Crippen molar-refractivity contribution in [3.05, 3.63) is 29.6 Å². The molecule has 1 aromatic rings. The number of halogens is 1. The van der Waals surface area contributed by atoms with Crippen LogP contribution >= 0.6 is 0 Å². The highest BCUT2D eigenvalue weighted by molar-refractivity contribution is 5.54. The Bertz CT molecular complexity index is 409. The van der Waals surface area contributed by atoms with Crippen LogP contribution in [0.4, 0.5) is 10.1 Å². The fourth-order valence-electron chi connectivity index (χ4n) is 2.28. The fourth-order valence-corrected chi connectivity index (χ4v) is 2.28. The normalized spacial score (nSPS) is 17.0.